The van der Waals surface area contributed by atoms with Crippen molar-refractivity contribution >= 4 is 23.2 Å². The Morgan fingerprint density at radius 3 is 3.08 bits per heavy atom. The first-order valence-electron chi connectivity index (χ1n) is 4.46. The van der Waals surface area contributed by atoms with E-state index >= 15 is 0 Å². The predicted octanol–water partition coefficient (Wildman–Crippen LogP) is -0.118. The van der Waals surface area contributed by atoms with Crippen LogP contribution in [0.15, 0.2) is 0 Å². The summed E-state index contributed by atoms with van der Waals surface area (Å²) >= 11 is 4.99. The Morgan fingerprint density at radius 2 is 2.54 bits per heavy atom. The number of hydrogen-bond acceptors (Lipinski definition) is 3. The molecule has 1 atom stereocenters. The van der Waals surface area contributed by atoms with Gasteiger partial charge in [0.1, 0.15) is 0 Å². The maximum atomic E-state index is 11.0. The Bertz CT molecular complexity index is 238. The van der Waals surface area contributed by atoms with Crippen LogP contribution in [0.2, 0.25) is 0 Å². The lowest BCUT2D eigenvalue weighted by molar-refractivity contribution is -0.118. The second-order valence-corrected chi connectivity index (χ2v) is 3.76. The number of nitrogens with zero attached hydrogens (tertiary/aromatic N) is 1. The van der Waals surface area contributed by atoms with E-state index in [1.807, 2.05) is 4.90 Å². The Kier molecular flexibility index (Phi) is 2.46. The van der Waals surface area contributed by atoms with Gasteiger partial charge in [0.25, 0.3) is 0 Å². The zero-order chi connectivity index (χ0) is 9.26. The summed E-state index contributed by atoms with van der Waals surface area (Å²) in [6.07, 6.45) is 2.45. The minimum atomic E-state index is -0.0111. The Balaban J connectivity index is 1.87. The Hall–Kier alpha value is -0.680. The van der Waals surface area contributed by atoms with Gasteiger partial charge in [0.2, 0.25) is 5.91 Å². The lowest BCUT2D eigenvalue weighted by Crippen LogP contribution is -2.34. The third-order valence-electron chi connectivity index (χ3n) is 2.32. The Labute approximate surface area is 82.2 Å². The molecule has 13 heavy (non-hydrogen) atoms. The normalized spacial score (nSPS) is 28.3. The summed E-state index contributed by atoms with van der Waals surface area (Å²) in [6.45, 7) is 1.98. The van der Waals surface area contributed by atoms with Crippen LogP contribution in [0.3, 0.4) is 0 Å². The molecule has 5 heteroatoms. The molecule has 0 bridgehead atoms. The highest BCUT2D eigenvalue weighted by atomic mass is 32.1. The third kappa shape index (κ3) is 1.97. The Morgan fingerprint density at radius 1 is 1.69 bits per heavy atom. The lowest BCUT2D eigenvalue weighted by atomic mass is 10.2. The van der Waals surface area contributed by atoms with Crippen LogP contribution in [0.1, 0.15) is 12.8 Å². The molecule has 0 aromatic carbocycles. The molecule has 72 valence electrons. The van der Waals surface area contributed by atoms with Gasteiger partial charge in [-0.3, -0.25) is 4.79 Å². The number of hydrogen-bond donors (Lipinski definition) is 1. The van der Waals surface area contributed by atoms with E-state index in [-0.39, 0.29) is 12.0 Å². The van der Waals surface area contributed by atoms with Crippen molar-refractivity contribution in [2.75, 3.05) is 19.7 Å². The van der Waals surface area contributed by atoms with Gasteiger partial charge in [-0.25, -0.2) is 0 Å². The van der Waals surface area contributed by atoms with E-state index in [2.05, 4.69) is 5.32 Å². The van der Waals surface area contributed by atoms with Crippen LogP contribution >= 0.6 is 12.2 Å². The molecule has 0 saturated carbocycles. The molecule has 2 heterocycles. The zero-order valence-electron chi connectivity index (χ0n) is 7.28. The van der Waals surface area contributed by atoms with Crippen LogP contribution in [0.5, 0.6) is 0 Å². The molecule has 0 radical (unpaired) electrons. The summed E-state index contributed by atoms with van der Waals surface area (Å²) in [5.74, 6) is -0.0111. The lowest BCUT2D eigenvalue weighted by Gasteiger charge is -2.19. The predicted molar refractivity (Wildman–Crippen MR) is 51.3 cm³/mol. The molecule has 0 aromatic rings. The molecule has 0 aliphatic carbocycles. The maximum absolute atomic E-state index is 11.0. The van der Waals surface area contributed by atoms with Crippen LogP contribution in [-0.4, -0.2) is 41.7 Å². The molecule has 2 rings (SSSR count). The van der Waals surface area contributed by atoms with E-state index in [9.17, 15) is 4.79 Å². The zero-order valence-corrected chi connectivity index (χ0v) is 8.10. The van der Waals surface area contributed by atoms with Gasteiger partial charge >= 0.3 is 0 Å². The maximum Gasteiger partial charge on any atom is 0.245 e. The van der Waals surface area contributed by atoms with Gasteiger partial charge in [0.05, 0.1) is 12.6 Å². The van der Waals surface area contributed by atoms with Gasteiger partial charge in [0, 0.05) is 13.2 Å². The van der Waals surface area contributed by atoms with Crippen LogP contribution < -0.4 is 5.32 Å². The highest BCUT2D eigenvalue weighted by molar-refractivity contribution is 7.80. The highest BCUT2D eigenvalue weighted by Gasteiger charge is 2.27. The third-order valence-corrected chi connectivity index (χ3v) is 2.68. The van der Waals surface area contributed by atoms with Gasteiger partial charge in [-0.05, 0) is 25.1 Å². The number of rotatable bonds is 2. The largest absolute Gasteiger partial charge is 0.376 e. The van der Waals surface area contributed by atoms with Crippen LogP contribution in [-0.2, 0) is 9.53 Å². The molecular formula is C8H12N2O2S. The summed E-state index contributed by atoms with van der Waals surface area (Å²) in [5.41, 5.74) is 0. The second-order valence-electron chi connectivity index (χ2n) is 3.37. The molecule has 1 amide bonds. The number of nitrogens with one attached hydrogen (secondary N) is 1. The van der Waals surface area contributed by atoms with E-state index in [4.69, 9.17) is 17.0 Å². The van der Waals surface area contributed by atoms with Crippen LogP contribution in [0.25, 0.3) is 0 Å². The fourth-order valence-electron chi connectivity index (χ4n) is 1.66. The van der Waals surface area contributed by atoms with Gasteiger partial charge in [0.15, 0.2) is 5.11 Å². The first kappa shape index (κ1) is 8.90. The van der Waals surface area contributed by atoms with Crippen molar-refractivity contribution in [1.29, 1.82) is 0 Å². The van der Waals surface area contributed by atoms with Crippen molar-refractivity contribution in [2.24, 2.45) is 0 Å². The van der Waals surface area contributed by atoms with E-state index in [0.29, 0.717) is 11.7 Å². The van der Waals surface area contributed by atoms with Gasteiger partial charge in [-0.2, -0.15) is 0 Å². The van der Waals surface area contributed by atoms with Crippen LogP contribution in [0, 0.1) is 0 Å². The number of ether oxygens (including phenoxy) is 1. The molecular weight excluding hydrogens is 188 g/mol. The van der Waals surface area contributed by atoms with Gasteiger partial charge < -0.3 is 15.0 Å². The molecule has 0 aromatic heterocycles. The second kappa shape index (κ2) is 3.59. The van der Waals surface area contributed by atoms with E-state index in [0.717, 1.165) is 26.0 Å². The fourth-order valence-corrected chi connectivity index (χ4v) is 1.92. The van der Waals surface area contributed by atoms with Crippen molar-refractivity contribution in [2.45, 2.75) is 18.9 Å². The summed E-state index contributed by atoms with van der Waals surface area (Å²) in [7, 11) is 0. The molecule has 1 N–H and O–H groups in total. The summed E-state index contributed by atoms with van der Waals surface area (Å²) in [6, 6.07) is 0. The van der Waals surface area contributed by atoms with Crippen molar-refractivity contribution < 1.29 is 9.53 Å². The molecule has 2 saturated heterocycles. The van der Waals surface area contributed by atoms with Crippen molar-refractivity contribution in [1.82, 2.24) is 10.2 Å². The number of carbonyl (C=O) groups excluding carboxylic acids is 1. The fraction of sp³-hybridized carbons (Fsp3) is 0.750. The first-order chi connectivity index (χ1) is 6.25. The van der Waals surface area contributed by atoms with Crippen LogP contribution in [0.4, 0.5) is 0 Å². The average molecular weight is 200 g/mol. The summed E-state index contributed by atoms with van der Waals surface area (Å²) in [5, 5.41) is 3.15. The minimum absolute atomic E-state index is 0.0111. The standard InChI is InChI=1S/C8H12N2O2S/c11-7-5-10(8(13)9-7)4-6-2-1-3-12-6/h6H,1-5H2,(H,9,11,13). The van der Waals surface area contributed by atoms with E-state index in [1.165, 1.54) is 0 Å². The number of carbonyl (C=O) groups is 1. The smallest absolute Gasteiger partial charge is 0.245 e. The average Bonchev–Trinajstić information content (AvgIpc) is 2.63. The topological polar surface area (TPSA) is 41.6 Å². The van der Waals surface area contributed by atoms with Gasteiger partial charge in [-0.1, -0.05) is 0 Å². The summed E-state index contributed by atoms with van der Waals surface area (Å²) in [4.78, 5) is 12.8. The number of amides is 1. The SMILES string of the molecule is O=C1CN(CC2CCCO2)C(=S)N1. The first-order valence-corrected chi connectivity index (χ1v) is 4.87. The van der Waals surface area contributed by atoms with E-state index < -0.39 is 0 Å². The van der Waals surface area contributed by atoms with Crippen molar-refractivity contribution in [3.05, 3.63) is 0 Å². The molecule has 2 fully saturated rings. The monoisotopic (exact) mass is 200 g/mol. The molecule has 0 spiro atoms. The number of thiocarbonyl (C=S) groups is 1. The minimum Gasteiger partial charge on any atom is -0.376 e. The van der Waals surface area contributed by atoms with Crippen molar-refractivity contribution in [3.8, 4) is 0 Å². The quantitative estimate of drug-likeness (QED) is 0.631. The van der Waals surface area contributed by atoms with E-state index in [1.54, 1.807) is 0 Å². The molecule has 4 nitrogen and oxygen atoms in total. The van der Waals surface area contributed by atoms with Gasteiger partial charge in [-0.15, -0.1) is 0 Å². The molecule has 2 aliphatic heterocycles. The molecule has 2 aliphatic rings. The molecule has 1 unspecified atom stereocenters. The van der Waals surface area contributed by atoms with Crippen molar-refractivity contribution in [3.63, 3.8) is 0 Å². The highest BCUT2D eigenvalue weighted by Crippen LogP contribution is 2.14. The summed E-state index contributed by atoms with van der Waals surface area (Å²) < 4.78 is 5.46.